The minimum absolute atomic E-state index is 0.0314. The van der Waals surface area contributed by atoms with E-state index in [2.05, 4.69) is 6.58 Å². The molecule has 0 aliphatic carbocycles. The average molecular weight is 280 g/mol. The SMILES string of the molecule is C=CCC(OCC)(C(=O)c1ccccc1)c1ccccc1. The van der Waals surface area contributed by atoms with Crippen LogP contribution in [-0.4, -0.2) is 12.4 Å². The standard InChI is InChI=1S/C19H20O2/c1-3-15-19(21-4-2,17-13-9-6-10-14-17)18(20)16-11-7-5-8-12-16/h3,5-14H,1,4,15H2,2H3. The van der Waals surface area contributed by atoms with Gasteiger partial charge in [0.05, 0.1) is 0 Å². The molecule has 2 aromatic carbocycles. The molecule has 0 aliphatic heterocycles. The van der Waals surface area contributed by atoms with Gasteiger partial charge in [-0.3, -0.25) is 4.79 Å². The number of rotatable bonds is 7. The van der Waals surface area contributed by atoms with Crippen LogP contribution in [0.25, 0.3) is 0 Å². The van der Waals surface area contributed by atoms with Crippen LogP contribution in [-0.2, 0) is 10.3 Å². The first kappa shape index (κ1) is 15.2. The van der Waals surface area contributed by atoms with Gasteiger partial charge in [-0.1, -0.05) is 66.7 Å². The number of carbonyl (C=O) groups is 1. The van der Waals surface area contributed by atoms with Crippen molar-refractivity contribution in [1.29, 1.82) is 0 Å². The summed E-state index contributed by atoms with van der Waals surface area (Å²) in [7, 11) is 0. The molecule has 0 aliphatic rings. The maximum atomic E-state index is 13.1. The van der Waals surface area contributed by atoms with Gasteiger partial charge in [-0.05, 0) is 12.5 Å². The smallest absolute Gasteiger partial charge is 0.199 e. The summed E-state index contributed by atoms with van der Waals surface area (Å²) in [6.45, 7) is 6.16. The number of benzene rings is 2. The van der Waals surface area contributed by atoms with Crippen molar-refractivity contribution in [2.45, 2.75) is 18.9 Å². The first-order valence-corrected chi connectivity index (χ1v) is 7.15. The van der Waals surface area contributed by atoms with E-state index in [1.807, 2.05) is 67.6 Å². The molecule has 0 saturated heterocycles. The van der Waals surface area contributed by atoms with Crippen LogP contribution in [0.3, 0.4) is 0 Å². The topological polar surface area (TPSA) is 26.3 Å². The first-order chi connectivity index (χ1) is 10.2. The zero-order valence-electron chi connectivity index (χ0n) is 12.3. The summed E-state index contributed by atoms with van der Waals surface area (Å²) in [6, 6.07) is 18.9. The van der Waals surface area contributed by atoms with E-state index in [0.29, 0.717) is 18.6 Å². The summed E-state index contributed by atoms with van der Waals surface area (Å²) in [4.78, 5) is 13.1. The lowest BCUT2D eigenvalue weighted by atomic mass is 9.83. The summed E-state index contributed by atoms with van der Waals surface area (Å²) >= 11 is 0. The minimum atomic E-state index is -1.00. The molecule has 0 fully saturated rings. The van der Waals surface area contributed by atoms with Gasteiger partial charge in [-0.15, -0.1) is 6.58 Å². The van der Waals surface area contributed by atoms with E-state index in [9.17, 15) is 4.79 Å². The van der Waals surface area contributed by atoms with Crippen LogP contribution in [0.5, 0.6) is 0 Å². The van der Waals surface area contributed by atoms with Crippen molar-refractivity contribution in [2.75, 3.05) is 6.61 Å². The third-order valence-corrected chi connectivity index (χ3v) is 3.47. The van der Waals surface area contributed by atoms with Crippen molar-refractivity contribution in [2.24, 2.45) is 0 Å². The first-order valence-electron chi connectivity index (χ1n) is 7.15. The molecule has 0 bridgehead atoms. The molecule has 0 saturated carbocycles. The Morgan fingerprint density at radius 1 is 1.10 bits per heavy atom. The fourth-order valence-electron chi connectivity index (χ4n) is 2.53. The summed E-state index contributed by atoms with van der Waals surface area (Å²) < 4.78 is 5.95. The summed E-state index contributed by atoms with van der Waals surface area (Å²) in [5.74, 6) is -0.0314. The third-order valence-electron chi connectivity index (χ3n) is 3.47. The molecule has 0 spiro atoms. The molecule has 1 unspecified atom stereocenters. The van der Waals surface area contributed by atoms with Gasteiger partial charge in [0.25, 0.3) is 0 Å². The number of ether oxygens (including phenoxy) is 1. The van der Waals surface area contributed by atoms with Crippen molar-refractivity contribution >= 4 is 5.78 Å². The van der Waals surface area contributed by atoms with Crippen LogP contribution in [0.15, 0.2) is 73.3 Å². The third kappa shape index (κ3) is 3.11. The van der Waals surface area contributed by atoms with E-state index in [1.165, 1.54) is 0 Å². The van der Waals surface area contributed by atoms with Crippen LogP contribution >= 0.6 is 0 Å². The molecule has 2 nitrogen and oxygen atoms in total. The molecule has 0 N–H and O–H groups in total. The van der Waals surface area contributed by atoms with Gasteiger partial charge < -0.3 is 4.74 Å². The van der Waals surface area contributed by atoms with E-state index in [-0.39, 0.29) is 5.78 Å². The molecule has 0 radical (unpaired) electrons. The second-order valence-corrected chi connectivity index (χ2v) is 4.81. The van der Waals surface area contributed by atoms with Crippen LogP contribution in [0.4, 0.5) is 0 Å². The van der Waals surface area contributed by atoms with Gasteiger partial charge in [0.1, 0.15) is 0 Å². The van der Waals surface area contributed by atoms with Crippen molar-refractivity contribution in [3.8, 4) is 0 Å². The normalized spacial score (nSPS) is 13.4. The van der Waals surface area contributed by atoms with Gasteiger partial charge >= 0.3 is 0 Å². The van der Waals surface area contributed by atoms with Gasteiger partial charge in [-0.25, -0.2) is 0 Å². The van der Waals surface area contributed by atoms with Crippen LogP contribution in [0, 0.1) is 0 Å². The number of carbonyl (C=O) groups excluding carboxylic acids is 1. The average Bonchev–Trinajstić information content (AvgIpc) is 2.55. The van der Waals surface area contributed by atoms with Gasteiger partial charge in [0, 0.05) is 18.6 Å². The molecule has 0 amide bonds. The molecular formula is C19H20O2. The summed E-state index contributed by atoms with van der Waals surface area (Å²) in [6.07, 6.45) is 2.18. The van der Waals surface area contributed by atoms with Crippen molar-refractivity contribution < 1.29 is 9.53 Å². The highest BCUT2D eigenvalue weighted by atomic mass is 16.5. The van der Waals surface area contributed by atoms with Crippen molar-refractivity contribution in [3.05, 3.63) is 84.4 Å². The zero-order chi connectivity index (χ0) is 15.1. The number of hydrogen-bond donors (Lipinski definition) is 0. The fraction of sp³-hybridized carbons (Fsp3) is 0.211. The molecule has 2 heteroatoms. The molecule has 108 valence electrons. The lowest BCUT2D eigenvalue weighted by molar-refractivity contribution is -0.0224. The zero-order valence-corrected chi connectivity index (χ0v) is 12.3. The number of ketones is 1. The largest absolute Gasteiger partial charge is 0.362 e. The fourth-order valence-corrected chi connectivity index (χ4v) is 2.53. The maximum absolute atomic E-state index is 13.1. The maximum Gasteiger partial charge on any atom is 0.199 e. The Morgan fingerprint density at radius 3 is 2.19 bits per heavy atom. The number of Topliss-reactive ketones (excluding diaryl/α,β-unsaturated/α-hetero) is 1. The molecule has 21 heavy (non-hydrogen) atoms. The van der Waals surface area contributed by atoms with E-state index in [1.54, 1.807) is 6.08 Å². The molecule has 0 aromatic heterocycles. The van der Waals surface area contributed by atoms with E-state index in [4.69, 9.17) is 4.74 Å². The predicted molar refractivity (Wildman–Crippen MR) is 85.3 cm³/mol. The number of hydrogen-bond acceptors (Lipinski definition) is 2. The monoisotopic (exact) mass is 280 g/mol. The van der Waals surface area contributed by atoms with Crippen molar-refractivity contribution in [3.63, 3.8) is 0 Å². The molecular weight excluding hydrogens is 260 g/mol. The van der Waals surface area contributed by atoms with E-state index in [0.717, 1.165) is 5.56 Å². The Balaban J connectivity index is 2.54. The van der Waals surface area contributed by atoms with Gasteiger partial charge in [0.15, 0.2) is 11.4 Å². The van der Waals surface area contributed by atoms with Crippen LogP contribution in [0.2, 0.25) is 0 Å². The van der Waals surface area contributed by atoms with Gasteiger partial charge in [0.2, 0.25) is 0 Å². The van der Waals surface area contributed by atoms with E-state index < -0.39 is 5.60 Å². The highest BCUT2D eigenvalue weighted by Crippen LogP contribution is 2.34. The molecule has 1 atom stereocenters. The van der Waals surface area contributed by atoms with Crippen molar-refractivity contribution in [1.82, 2.24) is 0 Å². The Kier molecular flexibility index (Phi) is 5.07. The van der Waals surface area contributed by atoms with Crippen LogP contribution < -0.4 is 0 Å². The predicted octanol–water partition coefficient (Wildman–Crippen LogP) is 4.38. The highest BCUT2D eigenvalue weighted by Gasteiger charge is 2.40. The molecule has 2 aromatic rings. The highest BCUT2D eigenvalue weighted by molar-refractivity contribution is 6.03. The Bertz CT molecular complexity index is 589. The molecule has 0 heterocycles. The minimum Gasteiger partial charge on any atom is -0.362 e. The lowest BCUT2D eigenvalue weighted by Gasteiger charge is -2.32. The lowest BCUT2D eigenvalue weighted by Crippen LogP contribution is -2.38. The quantitative estimate of drug-likeness (QED) is 0.556. The van der Waals surface area contributed by atoms with Crippen LogP contribution in [0.1, 0.15) is 29.3 Å². The van der Waals surface area contributed by atoms with E-state index >= 15 is 0 Å². The summed E-state index contributed by atoms with van der Waals surface area (Å²) in [5.41, 5.74) is 0.510. The second-order valence-electron chi connectivity index (χ2n) is 4.81. The summed E-state index contributed by atoms with van der Waals surface area (Å²) in [5, 5.41) is 0. The Morgan fingerprint density at radius 2 is 1.67 bits per heavy atom. The van der Waals surface area contributed by atoms with Gasteiger partial charge in [-0.2, -0.15) is 0 Å². The Labute approximate surface area is 126 Å². The Hall–Kier alpha value is -2.19. The molecule has 2 rings (SSSR count). The second kappa shape index (κ2) is 7.00.